The minimum absolute atomic E-state index is 0.231. The lowest BCUT2D eigenvalue weighted by Crippen LogP contribution is -2.13. The molecule has 0 bridgehead atoms. The fourth-order valence-corrected chi connectivity index (χ4v) is 3.32. The smallest absolute Gasteiger partial charge is 0.273 e. The van der Waals surface area contributed by atoms with Crippen molar-refractivity contribution in [3.8, 4) is 11.3 Å². The molecule has 1 aliphatic rings. The first-order valence-corrected chi connectivity index (χ1v) is 8.93. The van der Waals surface area contributed by atoms with Crippen LogP contribution < -0.4 is 5.43 Å². The van der Waals surface area contributed by atoms with Gasteiger partial charge in [-0.2, -0.15) is 5.10 Å². The van der Waals surface area contributed by atoms with Crippen LogP contribution in [0.1, 0.15) is 28.3 Å². The predicted octanol–water partition coefficient (Wildman–Crippen LogP) is 4.77. The zero-order chi connectivity index (χ0) is 19.1. The number of hydrogen-bond donors (Lipinski definition) is 2. The SMILES string of the molecule is Cc1cc(C)c(/C=C2\C(=O)NN=C2c2cc(-c3ccc(Cl)cc3)oc2C)[nH]1. The lowest BCUT2D eigenvalue weighted by atomic mass is 10.0. The molecule has 0 unspecified atom stereocenters. The molecule has 27 heavy (non-hydrogen) atoms. The van der Waals surface area contributed by atoms with Crippen molar-refractivity contribution < 1.29 is 9.21 Å². The highest BCUT2D eigenvalue weighted by Gasteiger charge is 2.27. The van der Waals surface area contributed by atoms with Gasteiger partial charge in [-0.3, -0.25) is 4.79 Å². The van der Waals surface area contributed by atoms with Gasteiger partial charge < -0.3 is 9.40 Å². The number of furan rings is 1. The van der Waals surface area contributed by atoms with E-state index in [2.05, 4.69) is 15.5 Å². The lowest BCUT2D eigenvalue weighted by Gasteiger charge is -2.00. The predicted molar refractivity (Wildman–Crippen MR) is 107 cm³/mol. The van der Waals surface area contributed by atoms with E-state index in [0.29, 0.717) is 27.8 Å². The highest BCUT2D eigenvalue weighted by atomic mass is 35.5. The Morgan fingerprint density at radius 2 is 1.85 bits per heavy atom. The number of nitrogens with zero attached hydrogens (tertiary/aromatic N) is 1. The molecule has 0 aliphatic carbocycles. The second kappa shape index (κ2) is 6.59. The first kappa shape index (κ1) is 17.4. The number of rotatable bonds is 3. The zero-order valence-corrected chi connectivity index (χ0v) is 15.9. The summed E-state index contributed by atoms with van der Waals surface area (Å²) in [6.45, 7) is 5.85. The van der Waals surface area contributed by atoms with Crippen molar-refractivity contribution >= 4 is 29.3 Å². The Kier molecular flexibility index (Phi) is 4.24. The highest BCUT2D eigenvalue weighted by molar-refractivity contribution is 6.33. The van der Waals surface area contributed by atoms with Crippen LogP contribution in [0.4, 0.5) is 0 Å². The minimum atomic E-state index is -0.231. The van der Waals surface area contributed by atoms with Gasteiger partial charge in [0.15, 0.2) is 0 Å². The van der Waals surface area contributed by atoms with Crippen LogP contribution in [0.25, 0.3) is 17.4 Å². The monoisotopic (exact) mass is 379 g/mol. The fraction of sp³-hybridized carbons (Fsp3) is 0.143. The van der Waals surface area contributed by atoms with Crippen LogP contribution >= 0.6 is 11.6 Å². The van der Waals surface area contributed by atoms with Crippen LogP contribution in [0.5, 0.6) is 0 Å². The van der Waals surface area contributed by atoms with E-state index in [9.17, 15) is 4.79 Å². The summed E-state index contributed by atoms with van der Waals surface area (Å²) in [4.78, 5) is 15.6. The Hall–Kier alpha value is -3.05. The molecule has 136 valence electrons. The molecule has 0 saturated carbocycles. The highest BCUT2D eigenvalue weighted by Crippen LogP contribution is 2.29. The van der Waals surface area contributed by atoms with E-state index in [1.807, 2.05) is 63.2 Å². The maximum atomic E-state index is 12.4. The van der Waals surface area contributed by atoms with Crippen molar-refractivity contribution in [2.24, 2.45) is 5.10 Å². The van der Waals surface area contributed by atoms with E-state index in [4.69, 9.17) is 16.0 Å². The molecule has 0 saturated heterocycles. The Morgan fingerprint density at radius 1 is 1.11 bits per heavy atom. The number of benzene rings is 1. The molecular weight excluding hydrogens is 362 g/mol. The molecule has 1 aliphatic heterocycles. The Balaban J connectivity index is 1.75. The third kappa shape index (κ3) is 3.22. The van der Waals surface area contributed by atoms with Gasteiger partial charge in [0.25, 0.3) is 5.91 Å². The number of H-pyrrole nitrogens is 1. The number of hydrogen-bond acceptors (Lipinski definition) is 3. The molecule has 0 fully saturated rings. The number of aryl methyl sites for hydroxylation is 3. The summed E-state index contributed by atoms with van der Waals surface area (Å²) in [7, 11) is 0. The third-order valence-electron chi connectivity index (χ3n) is 4.55. The summed E-state index contributed by atoms with van der Waals surface area (Å²) in [5, 5.41) is 4.90. The van der Waals surface area contributed by atoms with Gasteiger partial charge in [0.2, 0.25) is 0 Å². The number of carbonyl (C=O) groups is 1. The number of halogens is 1. The quantitative estimate of drug-likeness (QED) is 0.643. The number of aromatic amines is 1. The van der Waals surface area contributed by atoms with Gasteiger partial charge >= 0.3 is 0 Å². The minimum Gasteiger partial charge on any atom is -0.461 e. The molecule has 6 heteroatoms. The lowest BCUT2D eigenvalue weighted by molar-refractivity contribution is -0.116. The zero-order valence-electron chi connectivity index (χ0n) is 15.2. The van der Waals surface area contributed by atoms with Crippen LogP contribution in [-0.4, -0.2) is 16.6 Å². The molecule has 1 amide bonds. The third-order valence-corrected chi connectivity index (χ3v) is 4.80. The van der Waals surface area contributed by atoms with Crippen LogP contribution in [0.3, 0.4) is 0 Å². The normalized spacial score (nSPS) is 15.3. The van der Waals surface area contributed by atoms with Gasteiger partial charge in [-0.15, -0.1) is 0 Å². The second-order valence-electron chi connectivity index (χ2n) is 6.60. The Bertz CT molecular complexity index is 1100. The average Bonchev–Trinajstić information content (AvgIpc) is 3.27. The van der Waals surface area contributed by atoms with Crippen molar-refractivity contribution in [2.75, 3.05) is 0 Å². The molecule has 3 heterocycles. The molecule has 2 aromatic heterocycles. The molecule has 0 radical (unpaired) electrons. The molecule has 3 aromatic rings. The van der Waals surface area contributed by atoms with E-state index in [-0.39, 0.29) is 5.91 Å². The largest absolute Gasteiger partial charge is 0.461 e. The molecule has 2 N–H and O–H groups in total. The summed E-state index contributed by atoms with van der Waals surface area (Å²) < 4.78 is 5.92. The first-order valence-electron chi connectivity index (χ1n) is 8.55. The van der Waals surface area contributed by atoms with Gasteiger partial charge in [-0.1, -0.05) is 11.6 Å². The van der Waals surface area contributed by atoms with Crippen molar-refractivity contribution in [1.29, 1.82) is 0 Å². The molecular formula is C21H18ClN3O2. The van der Waals surface area contributed by atoms with Gasteiger partial charge in [0.1, 0.15) is 17.2 Å². The van der Waals surface area contributed by atoms with Gasteiger partial charge in [-0.25, -0.2) is 5.43 Å². The number of aromatic nitrogens is 1. The van der Waals surface area contributed by atoms with E-state index >= 15 is 0 Å². The van der Waals surface area contributed by atoms with Crippen LogP contribution in [-0.2, 0) is 4.79 Å². The fourth-order valence-electron chi connectivity index (χ4n) is 3.19. The molecule has 5 nitrogen and oxygen atoms in total. The summed E-state index contributed by atoms with van der Waals surface area (Å²) in [6, 6.07) is 11.4. The van der Waals surface area contributed by atoms with E-state index in [1.54, 1.807) is 0 Å². The topological polar surface area (TPSA) is 70.4 Å². The van der Waals surface area contributed by atoms with Crippen LogP contribution in [0, 0.1) is 20.8 Å². The maximum absolute atomic E-state index is 12.4. The summed E-state index contributed by atoms with van der Waals surface area (Å²) >= 11 is 5.96. The first-order chi connectivity index (χ1) is 12.9. The average molecular weight is 380 g/mol. The van der Waals surface area contributed by atoms with Gasteiger partial charge in [0.05, 0.1) is 5.57 Å². The van der Waals surface area contributed by atoms with Crippen molar-refractivity contribution in [1.82, 2.24) is 10.4 Å². The molecule has 0 spiro atoms. The number of carbonyl (C=O) groups excluding carboxylic acids is 1. The van der Waals surface area contributed by atoms with Crippen molar-refractivity contribution in [3.05, 3.63) is 75.3 Å². The summed E-state index contributed by atoms with van der Waals surface area (Å²) in [5.74, 6) is 1.17. The maximum Gasteiger partial charge on any atom is 0.273 e. The van der Waals surface area contributed by atoms with E-state index < -0.39 is 0 Å². The number of amides is 1. The van der Waals surface area contributed by atoms with E-state index in [0.717, 1.165) is 28.1 Å². The molecule has 4 rings (SSSR count). The summed E-state index contributed by atoms with van der Waals surface area (Å²) in [6.07, 6.45) is 1.83. The number of nitrogens with one attached hydrogen (secondary N) is 2. The van der Waals surface area contributed by atoms with Crippen molar-refractivity contribution in [2.45, 2.75) is 20.8 Å². The van der Waals surface area contributed by atoms with E-state index in [1.165, 1.54) is 0 Å². The Morgan fingerprint density at radius 3 is 2.52 bits per heavy atom. The van der Waals surface area contributed by atoms with Gasteiger partial charge in [0, 0.05) is 27.5 Å². The number of hydrazone groups is 1. The molecule has 1 aromatic carbocycles. The summed E-state index contributed by atoms with van der Waals surface area (Å²) in [5.41, 5.74) is 8.34. The molecule has 0 atom stereocenters. The van der Waals surface area contributed by atoms with Crippen molar-refractivity contribution in [3.63, 3.8) is 0 Å². The van der Waals surface area contributed by atoms with Gasteiger partial charge in [-0.05, 0) is 68.8 Å². The van der Waals surface area contributed by atoms with Crippen LogP contribution in [0.15, 0.2) is 51.5 Å². The van der Waals surface area contributed by atoms with Crippen LogP contribution in [0.2, 0.25) is 5.02 Å². The Labute approximate surface area is 161 Å². The second-order valence-corrected chi connectivity index (χ2v) is 7.03. The standard InChI is InChI=1S/C21H18ClN3O2/c1-11-8-12(2)23-18(11)9-17-20(24-25-21(17)26)16-10-19(27-13(16)3)14-4-6-15(22)7-5-14/h4-10,23H,1-3H3,(H,25,26)/b17-9-.